The van der Waals surface area contributed by atoms with Gasteiger partial charge in [-0.25, -0.2) is 8.78 Å². The molecule has 2 aromatic carbocycles. The summed E-state index contributed by atoms with van der Waals surface area (Å²) in [5, 5.41) is 2.72. The quantitative estimate of drug-likeness (QED) is 0.930. The van der Waals surface area contributed by atoms with Crippen molar-refractivity contribution in [2.75, 3.05) is 18.4 Å². The molecule has 0 unspecified atom stereocenters. The van der Waals surface area contributed by atoms with Crippen molar-refractivity contribution < 1.29 is 13.6 Å². The molecule has 1 aliphatic rings. The van der Waals surface area contributed by atoms with Gasteiger partial charge < -0.3 is 5.32 Å². The molecule has 5 heteroatoms. The average molecular weight is 316 g/mol. The van der Waals surface area contributed by atoms with Crippen LogP contribution in [-0.4, -0.2) is 23.9 Å². The van der Waals surface area contributed by atoms with Crippen molar-refractivity contribution >= 4 is 11.6 Å². The van der Waals surface area contributed by atoms with Crippen molar-refractivity contribution in [3.63, 3.8) is 0 Å². The van der Waals surface area contributed by atoms with Gasteiger partial charge >= 0.3 is 0 Å². The number of halogens is 2. The van der Waals surface area contributed by atoms with Gasteiger partial charge in [-0.1, -0.05) is 12.1 Å². The van der Waals surface area contributed by atoms with Gasteiger partial charge in [0.1, 0.15) is 0 Å². The Balaban J connectivity index is 1.69. The van der Waals surface area contributed by atoms with Crippen molar-refractivity contribution in [1.29, 1.82) is 0 Å². The van der Waals surface area contributed by atoms with E-state index in [-0.39, 0.29) is 5.56 Å². The smallest absolute Gasteiger partial charge is 0.255 e. The first-order chi connectivity index (χ1) is 11.1. The van der Waals surface area contributed by atoms with E-state index in [4.69, 9.17) is 0 Å². The number of nitrogens with zero attached hydrogens (tertiary/aromatic N) is 1. The van der Waals surface area contributed by atoms with Crippen molar-refractivity contribution in [2.45, 2.75) is 19.4 Å². The highest BCUT2D eigenvalue weighted by Gasteiger charge is 2.13. The minimum Gasteiger partial charge on any atom is -0.322 e. The lowest BCUT2D eigenvalue weighted by molar-refractivity contribution is 0.102. The number of benzene rings is 2. The van der Waals surface area contributed by atoms with Crippen molar-refractivity contribution in [3.05, 3.63) is 65.2 Å². The maximum absolute atomic E-state index is 13.2. The van der Waals surface area contributed by atoms with Crippen LogP contribution in [0.15, 0.2) is 42.5 Å². The lowest BCUT2D eigenvalue weighted by atomic mass is 10.1. The van der Waals surface area contributed by atoms with Gasteiger partial charge in [0, 0.05) is 17.8 Å². The molecule has 0 atom stereocenters. The van der Waals surface area contributed by atoms with Crippen LogP contribution >= 0.6 is 0 Å². The number of carbonyl (C=O) groups is 1. The van der Waals surface area contributed by atoms with E-state index in [0.717, 1.165) is 37.3 Å². The topological polar surface area (TPSA) is 32.3 Å². The van der Waals surface area contributed by atoms with Gasteiger partial charge in [-0.05, 0) is 61.8 Å². The van der Waals surface area contributed by atoms with E-state index in [0.29, 0.717) is 5.69 Å². The SMILES string of the molecule is O=C(Nc1cccc(CN2CCCC2)c1)c1ccc(F)c(F)c1. The van der Waals surface area contributed by atoms with Crippen LogP contribution in [-0.2, 0) is 6.54 Å². The van der Waals surface area contributed by atoms with Gasteiger partial charge in [0.05, 0.1) is 0 Å². The molecular weight excluding hydrogens is 298 g/mol. The van der Waals surface area contributed by atoms with E-state index < -0.39 is 17.5 Å². The molecule has 1 fully saturated rings. The molecule has 1 N–H and O–H groups in total. The van der Waals surface area contributed by atoms with E-state index >= 15 is 0 Å². The van der Waals surface area contributed by atoms with Crippen LogP contribution in [0.5, 0.6) is 0 Å². The normalized spacial score (nSPS) is 14.9. The van der Waals surface area contributed by atoms with Gasteiger partial charge in [0.25, 0.3) is 5.91 Å². The summed E-state index contributed by atoms with van der Waals surface area (Å²) in [4.78, 5) is 14.5. The summed E-state index contributed by atoms with van der Waals surface area (Å²) in [6.45, 7) is 3.06. The summed E-state index contributed by atoms with van der Waals surface area (Å²) in [6.07, 6.45) is 2.46. The van der Waals surface area contributed by atoms with E-state index in [9.17, 15) is 13.6 Å². The molecule has 0 radical (unpaired) electrons. The molecule has 0 bridgehead atoms. The standard InChI is InChI=1S/C18H18F2N2O/c19-16-7-6-14(11-17(16)20)18(23)21-15-5-3-4-13(10-15)12-22-8-1-2-9-22/h3-7,10-11H,1-2,8-9,12H2,(H,21,23). The van der Waals surface area contributed by atoms with Crippen LogP contribution in [0, 0.1) is 11.6 Å². The van der Waals surface area contributed by atoms with Crippen molar-refractivity contribution in [2.24, 2.45) is 0 Å². The van der Waals surface area contributed by atoms with Gasteiger partial charge in [-0.3, -0.25) is 9.69 Å². The van der Waals surface area contributed by atoms with Crippen LogP contribution < -0.4 is 5.32 Å². The van der Waals surface area contributed by atoms with Gasteiger partial charge in [0.2, 0.25) is 0 Å². The van der Waals surface area contributed by atoms with Crippen LogP contribution in [0.3, 0.4) is 0 Å². The Morgan fingerprint density at radius 1 is 1.04 bits per heavy atom. The zero-order valence-corrected chi connectivity index (χ0v) is 12.7. The molecule has 1 aliphatic heterocycles. The lowest BCUT2D eigenvalue weighted by Crippen LogP contribution is -2.18. The predicted octanol–water partition coefficient (Wildman–Crippen LogP) is 3.81. The summed E-state index contributed by atoms with van der Waals surface area (Å²) in [5.74, 6) is -2.45. The number of anilines is 1. The highest BCUT2D eigenvalue weighted by atomic mass is 19.2. The molecule has 1 heterocycles. The second-order valence-electron chi connectivity index (χ2n) is 5.77. The van der Waals surface area contributed by atoms with E-state index in [1.807, 2.05) is 18.2 Å². The second-order valence-corrected chi connectivity index (χ2v) is 5.77. The molecule has 23 heavy (non-hydrogen) atoms. The third-order valence-electron chi connectivity index (χ3n) is 3.97. The number of nitrogens with one attached hydrogen (secondary N) is 1. The zero-order valence-electron chi connectivity index (χ0n) is 12.7. The average Bonchev–Trinajstić information content (AvgIpc) is 3.03. The molecule has 3 nitrogen and oxygen atoms in total. The molecule has 3 rings (SSSR count). The Bertz CT molecular complexity index is 712. The monoisotopic (exact) mass is 316 g/mol. The molecule has 120 valence electrons. The summed E-state index contributed by atoms with van der Waals surface area (Å²) >= 11 is 0. The number of rotatable bonds is 4. The van der Waals surface area contributed by atoms with Crippen molar-refractivity contribution in [1.82, 2.24) is 4.90 Å². The molecule has 0 aromatic heterocycles. The molecule has 0 aliphatic carbocycles. The number of amides is 1. The Hall–Kier alpha value is -2.27. The summed E-state index contributed by atoms with van der Waals surface area (Å²) < 4.78 is 26.1. The summed E-state index contributed by atoms with van der Waals surface area (Å²) in [7, 11) is 0. The Morgan fingerprint density at radius 3 is 2.57 bits per heavy atom. The highest BCUT2D eigenvalue weighted by molar-refractivity contribution is 6.04. The molecular formula is C18H18F2N2O. The molecule has 2 aromatic rings. The first kappa shape index (κ1) is 15.6. The van der Waals surface area contributed by atoms with Crippen LogP contribution in [0.1, 0.15) is 28.8 Å². The first-order valence-electron chi connectivity index (χ1n) is 7.69. The number of likely N-dealkylation sites (tertiary alicyclic amines) is 1. The summed E-state index contributed by atoms with van der Waals surface area (Å²) in [6, 6.07) is 10.7. The fourth-order valence-corrected chi connectivity index (χ4v) is 2.79. The first-order valence-corrected chi connectivity index (χ1v) is 7.69. The van der Waals surface area contributed by atoms with Crippen LogP contribution in [0.25, 0.3) is 0 Å². The van der Waals surface area contributed by atoms with Crippen LogP contribution in [0.2, 0.25) is 0 Å². The number of carbonyl (C=O) groups excluding carboxylic acids is 1. The molecule has 0 spiro atoms. The fraction of sp³-hybridized carbons (Fsp3) is 0.278. The maximum Gasteiger partial charge on any atom is 0.255 e. The molecule has 1 saturated heterocycles. The number of hydrogen-bond donors (Lipinski definition) is 1. The molecule has 0 saturated carbocycles. The predicted molar refractivity (Wildman–Crippen MR) is 85.3 cm³/mol. The van der Waals surface area contributed by atoms with E-state index in [1.54, 1.807) is 6.07 Å². The maximum atomic E-state index is 13.2. The van der Waals surface area contributed by atoms with Gasteiger partial charge in [0.15, 0.2) is 11.6 Å². The van der Waals surface area contributed by atoms with Gasteiger partial charge in [-0.2, -0.15) is 0 Å². The largest absolute Gasteiger partial charge is 0.322 e. The minimum absolute atomic E-state index is 0.0915. The zero-order chi connectivity index (χ0) is 16.2. The minimum atomic E-state index is -1.03. The Kier molecular flexibility index (Phi) is 4.67. The highest BCUT2D eigenvalue weighted by Crippen LogP contribution is 2.17. The van der Waals surface area contributed by atoms with Crippen LogP contribution in [0.4, 0.5) is 14.5 Å². The number of hydrogen-bond acceptors (Lipinski definition) is 2. The van der Waals surface area contributed by atoms with Gasteiger partial charge in [-0.15, -0.1) is 0 Å². The second kappa shape index (κ2) is 6.87. The molecule has 1 amide bonds. The van der Waals surface area contributed by atoms with E-state index in [1.165, 1.54) is 18.9 Å². The van der Waals surface area contributed by atoms with E-state index in [2.05, 4.69) is 10.2 Å². The lowest BCUT2D eigenvalue weighted by Gasteiger charge is -2.15. The summed E-state index contributed by atoms with van der Waals surface area (Å²) in [5.41, 5.74) is 1.86. The third-order valence-corrected chi connectivity index (χ3v) is 3.97. The Labute approximate surface area is 133 Å². The Morgan fingerprint density at radius 2 is 1.83 bits per heavy atom. The van der Waals surface area contributed by atoms with Crippen molar-refractivity contribution in [3.8, 4) is 0 Å². The fourth-order valence-electron chi connectivity index (χ4n) is 2.79. The third kappa shape index (κ3) is 3.93.